The molecule has 0 bridgehead atoms. The largest absolute Gasteiger partial charge is 0.776 e. The fourth-order valence-electron chi connectivity index (χ4n) is 3.89. The summed E-state index contributed by atoms with van der Waals surface area (Å²) in [4.78, 5) is 16.8. The highest BCUT2D eigenvalue weighted by Gasteiger charge is 2.14. The number of quaternary nitrogens is 1. The summed E-state index contributed by atoms with van der Waals surface area (Å²) in [6, 6.07) is 10.9. The number of halogens is 4. The summed E-state index contributed by atoms with van der Waals surface area (Å²) in [5.41, 5.74) is 6.24. The van der Waals surface area contributed by atoms with Gasteiger partial charge in [-0.3, -0.25) is 4.57 Å². The van der Waals surface area contributed by atoms with Crippen LogP contribution in [-0.2, 0) is 15.7 Å². The number of nitrogens with zero attached hydrogens (tertiary/aromatic N) is 1. The smallest absolute Gasteiger partial charge is 0.377 e. The van der Waals surface area contributed by atoms with Crippen molar-refractivity contribution in [2.75, 3.05) is 33.8 Å². The number of aliphatic hydroxyl groups excluding tert-OH is 1. The van der Waals surface area contributed by atoms with Crippen molar-refractivity contribution < 1.29 is 28.5 Å². The predicted octanol–water partition coefficient (Wildman–Crippen LogP) is 9.18. The molecule has 4 N–H and O–H groups in total. The molecule has 0 unspecified atom stereocenters. The molecule has 0 heterocycles. The summed E-state index contributed by atoms with van der Waals surface area (Å²) < 4.78 is 19.6. The van der Waals surface area contributed by atoms with Crippen LogP contribution < -0.4 is 10.6 Å². The van der Waals surface area contributed by atoms with Gasteiger partial charge in [0.25, 0.3) is 0 Å². The third-order valence-electron chi connectivity index (χ3n) is 5.70. The van der Waals surface area contributed by atoms with Gasteiger partial charge < -0.3 is 29.7 Å². The first-order valence-electron chi connectivity index (χ1n) is 14.1. The molecule has 0 radical (unpaired) electrons. The summed E-state index contributed by atoms with van der Waals surface area (Å²) in [7, 11) is 4.74. The van der Waals surface area contributed by atoms with E-state index in [0.717, 1.165) is 11.0 Å². The number of nitrogens with two attached hydrogens (primary N) is 1. The topological polar surface area (TPSA) is 124 Å². The first kappa shape index (κ1) is 45.1. The Bertz CT molecular complexity index is 715. The normalized spacial score (nSPS) is 11.4. The van der Waals surface area contributed by atoms with Crippen molar-refractivity contribution in [1.29, 1.82) is 0 Å². The van der Waals surface area contributed by atoms with E-state index in [2.05, 4.69) is 96.3 Å². The van der Waals surface area contributed by atoms with Crippen LogP contribution in [0.4, 0.5) is 0 Å². The quantitative estimate of drug-likeness (QED) is 0.0802. The van der Waals surface area contributed by atoms with Crippen molar-refractivity contribution in [3.8, 4) is 0 Å². The van der Waals surface area contributed by atoms with Crippen LogP contribution in [0.3, 0.4) is 0 Å². The second-order valence-electron chi connectivity index (χ2n) is 10.3. The van der Waals surface area contributed by atoms with E-state index >= 15 is 0 Å². The van der Waals surface area contributed by atoms with Crippen LogP contribution in [0.1, 0.15) is 102 Å². The zero-order valence-corrected chi connectivity index (χ0v) is 29.5. The van der Waals surface area contributed by atoms with Crippen LogP contribution in [0.15, 0.2) is 30.3 Å². The van der Waals surface area contributed by atoms with Gasteiger partial charge in [-0.15, -0.1) is 0 Å². The van der Waals surface area contributed by atoms with E-state index in [1.54, 1.807) is 0 Å². The zero-order valence-electron chi connectivity index (χ0n) is 24.7. The maximum absolute atomic E-state index is 9.30. The highest BCUT2D eigenvalue weighted by molar-refractivity contribution is 8.04. The van der Waals surface area contributed by atoms with Crippen LogP contribution in [0.5, 0.6) is 0 Å². The molecule has 0 saturated carbocycles. The molecule has 0 fully saturated rings. The third-order valence-corrected chi connectivity index (χ3v) is 5.70. The van der Waals surface area contributed by atoms with E-state index in [1.807, 2.05) is 0 Å². The summed E-state index contributed by atoms with van der Waals surface area (Å²) in [5, 5.41) is 7.75. The van der Waals surface area contributed by atoms with E-state index in [9.17, 15) is 14.0 Å². The fraction of sp³-hybridized carbons (Fsp3) is 0.778. The molecule has 0 aromatic heterocycles. The molecule has 240 valence electrons. The van der Waals surface area contributed by atoms with E-state index in [0.29, 0.717) is 6.54 Å². The van der Waals surface area contributed by atoms with Gasteiger partial charge in [-0.1, -0.05) is 137 Å². The van der Waals surface area contributed by atoms with Gasteiger partial charge in [0, 0.05) is 12.1 Å². The molecule has 0 spiro atoms. The van der Waals surface area contributed by atoms with Gasteiger partial charge in [-0.25, -0.2) is 0 Å². The Morgan fingerprint density at radius 3 is 1.38 bits per heavy atom. The van der Waals surface area contributed by atoms with Gasteiger partial charge >= 0.3 is 6.07 Å². The lowest BCUT2D eigenvalue weighted by atomic mass is 10.0. The van der Waals surface area contributed by atoms with Gasteiger partial charge in [0.1, 0.15) is 6.54 Å². The molecule has 1 aromatic rings. The maximum Gasteiger partial charge on any atom is 0.377 e. The molecule has 1 rings (SSSR count). The maximum atomic E-state index is 9.30. The standard InChI is InChI=1S/C25H46N.C2H7NO.2Cl2HO2P/c1-4-5-6-7-8-9-10-11-12-13-14-15-16-20-23-26(2,3)24-25-21-18-17-19-22-25;3-1-2-4;2*1-5(2,3)4/h17-19,21-22H,4-16,20,23-24H2,1-3H3;4H,1-3H2;2*(H,3,4)/q+1;;;/p-1. The van der Waals surface area contributed by atoms with Crippen molar-refractivity contribution in [3.05, 3.63) is 35.9 Å². The highest BCUT2D eigenvalue weighted by atomic mass is 35.9. The van der Waals surface area contributed by atoms with Gasteiger partial charge in [0.05, 0.1) is 27.2 Å². The Kier molecular flexibility index (Phi) is 33.5. The highest BCUT2D eigenvalue weighted by Crippen LogP contribution is 2.51. The molecule has 0 atom stereocenters. The fourth-order valence-corrected chi connectivity index (χ4v) is 3.89. The number of hydrogen-bond donors (Lipinski definition) is 3. The van der Waals surface area contributed by atoms with Crippen LogP contribution in [-0.4, -0.2) is 48.3 Å². The van der Waals surface area contributed by atoms with Crippen molar-refractivity contribution >= 4 is 57.1 Å². The second kappa shape index (κ2) is 29.7. The molecule has 7 nitrogen and oxygen atoms in total. The molecule has 0 amide bonds. The number of rotatable bonds is 18. The Hall–Kier alpha value is 0.640. The molecule has 1 aromatic carbocycles. The third kappa shape index (κ3) is 54.7. The summed E-state index contributed by atoms with van der Waals surface area (Å²) >= 11 is 17.4. The Labute approximate surface area is 263 Å². The lowest BCUT2D eigenvalue weighted by molar-refractivity contribution is -0.903. The predicted molar refractivity (Wildman–Crippen MR) is 174 cm³/mol. The number of unbranched alkanes of at least 4 members (excludes halogenated alkanes) is 13. The average molecular weight is 690 g/mol. The van der Waals surface area contributed by atoms with Crippen LogP contribution in [0.2, 0.25) is 0 Å². The van der Waals surface area contributed by atoms with Crippen molar-refractivity contribution in [2.24, 2.45) is 5.73 Å². The number of hydrogen-bond acceptors (Lipinski definition) is 5. The van der Waals surface area contributed by atoms with Crippen molar-refractivity contribution in [1.82, 2.24) is 0 Å². The summed E-state index contributed by atoms with van der Waals surface area (Å²) in [6.45, 7) is 5.22. The SMILES string of the molecule is CCCCCCCCCCCCCCCC[N+](C)(C)Cc1ccccc1.NCCO.O=P(O)(Cl)Cl.O=P([O-])(Cl)Cl. The van der Waals surface area contributed by atoms with Crippen molar-refractivity contribution in [3.63, 3.8) is 0 Å². The molecule has 40 heavy (non-hydrogen) atoms. The van der Waals surface area contributed by atoms with Gasteiger partial charge in [-0.2, -0.15) is 0 Å². The van der Waals surface area contributed by atoms with E-state index < -0.39 is 12.1 Å². The second-order valence-corrected chi connectivity index (χ2v) is 18.4. The summed E-state index contributed by atoms with van der Waals surface area (Å²) in [5.74, 6) is 0. The Balaban J connectivity index is -0.000000803. The van der Waals surface area contributed by atoms with Gasteiger partial charge in [-0.05, 0) is 35.3 Å². The van der Waals surface area contributed by atoms with Gasteiger partial charge in [0.15, 0.2) is 6.07 Å². The zero-order chi connectivity index (χ0) is 31.3. The molecule has 0 aliphatic rings. The number of aliphatic hydroxyl groups is 1. The van der Waals surface area contributed by atoms with Crippen LogP contribution in [0, 0.1) is 0 Å². The number of benzene rings is 1. The lowest BCUT2D eigenvalue weighted by Gasteiger charge is -2.30. The molecule has 13 heteroatoms. The first-order chi connectivity index (χ1) is 18.6. The Morgan fingerprint density at radius 1 is 0.775 bits per heavy atom. The molecule has 0 aliphatic carbocycles. The van der Waals surface area contributed by atoms with Crippen molar-refractivity contribution in [2.45, 2.75) is 103 Å². The monoisotopic (exact) mass is 688 g/mol. The van der Waals surface area contributed by atoms with Crippen LogP contribution in [0.25, 0.3) is 0 Å². The van der Waals surface area contributed by atoms with Gasteiger partial charge in [0.2, 0.25) is 0 Å². The molecule has 0 saturated heterocycles. The summed E-state index contributed by atoms with van der Waals surface area (Å²) in [6.07, 6.45) is 12.5. The van der Waals surface area contributed by atoms with E-state index in [1.165, 1.54) is 102 Å². The lowest BCUT2D eigenvalue weighted by Crippen LogP contribution is -2.39. The Morgan fingerprint density at radius 2 is 1.07 bits per heavy atom. The minimum absolute atomic E-state index is 0.0972. The van der Waals surface area contributed by atoms with E-state index in [4.69, 9.17) is 15.7 Å². The molecule has 0 aliphatic heterocycles. The van der Waals surface area contributed by atoms with E-state index in [-0.39, 0.29) is 6.61 Å². The molecular formula is C27H54Cl4N2O5P2. The average Bonchev–Trinajstić information content (AvgIpc) is 2.82. The minimum atomic E-state index is -3.94. The molecular weight excluding hydrogens is 636 g/mol. The van der Waals surface area contributed by atoms with Crippen LogP contribution >= 0.6 is 57.1 Å². The minimum Gasteiger partial charge on any atom is -0.776 e. The first-order valence-corrected chi connectivity index (χ1v) is 21.1.